The van der Waals surface area contributed by atoms with Crippen LogP contribution in [0.25, 0.3) is 0 Å². The first-order chi connectivity index (χ1) is 9.20. The zero-order valence-electron chi connectivity index (χ0n) is 10.3. The minimum absolute atomic E-state index is 0.00275. The van der Waals surface area contributed by atoms with Gasteiger partial charge in [0.15, 0.2) is 5.69 Å². The molecular formula is C13H12ClNO4. The molecule has 0 saturated carbocycles. The number of oxazole rings is 1. The fourth-order valence-corrected chi connectivity index (χ4v) is 1.57. The Hall–Kier alpha value is -2.01. The minimum Gasteiger partial charge on any atom is -0.461 e. The van der Waals surface area contributed by atoms with E-state index in [1.54, 1.807) is 13.0 Å². The third-order valence-electron chi connectivity index (χ3n) is 2.28. The van der Waals surface area contributed by atoms with Crippen LogP contribution in [0.5, 0.6) is 6.08 Å². The van der Waals surface area contributed by atoms with Crippen molar-refractivity contribution >= 4 is 17.6 Å². The molecule has 0 amide bonds. The monoisotopic (exact) mass is 281 g/mol. The Labute approximate surface area is 115 Å². The van der Waals surface area contributed by atoms with Gasteiger partial charge in [-0.3, -0.25) is 0 Å². The van der Waals surface area contributed by atoms with E-state index in [2.05, 4.69) is 4.98 Å². The van der Waals surface area contributed by atoms with E-state index >= 15 is 0 Å². The standard InChI is InChI=1S/C13H12ClNO4/c1-2-17-12(16)11-8-19-13(15-11)18-7-9-5-3-4-6-10(9)14/h3-6,8H,2,7H2,1H3. The predicted octanol–water partition coefficient (Wildman–Crippen LogP) is 3.08. The van der Waals surface area contributed by atoms with E-state index in [9.17, 15) is 4.79 Å². The molecule has 1 heterocycles. The van der Waals surface area contributed by atoms with Gasteiger partial charge < -0.3 is 13.9 Å². The summed E-state index contributed by atoms with van der Waals surface area (Å²) in [6.45, 7) is 2.21. The summed E-state index contributed by atoms with van der Waals surface area (Å²) in [5.41, 5.74) is 0.885. The average Bonchev–Trinajstić information content (AvgIpc) is 2.87. The maximum atomic E-state index is 11.4. The van der Waals surface area contributed by atoms with Crippen LogP contribution < -0.4 is 4.74 Å². The number of hydrogen-bond acceptors (Lipinski definition) is 5. The summed E-state index contributed by atoms with van der Waals surface area (Å²) >= 11 is 5.98. The van der Waals surface area contributed by atoms with Crippen molar-refractivity contribution in [1.82, 2.24) is 4.98 Å². The number of ether oxygens (including phenoxy) is 2. The topological polar surface area (TPSA) is 61.6 Å². The first-order valence-corrected chi connectivity index (χ1v) is 6.07. The zero-order chi connectivity index (χ0) is 13.7. The van der Waals surface area contributed by atoms with Crippen LogP contribution in [0.3, 0.4) is 0 Å². The van der Waals surface area contributed by atoms with E-state index in [-0.39, 0.29) is 25.0 Å². The number of aromatic nitrogens is 1. The summed E-state index contributed by atoms with van der Waals surface area (Å²) < 4.78 is 15.1. The maximum absolute atomic E-state index is 11.4. The number of halogens is 1. The van der Waals surface area contributed by atoms with Crippen LogP contribution in [0.2, 0.25) is 5.02 Å². The average molecular weight is 282 g/mol. The highest BCUT2D eigenvalue weighted by Crippen LogP contribution is 2.18. The Morgan fingerprint density at radius 1 is 1.42 bits per heavy atom. The Bertz CT molecular complexity index is 567. The van der Waals surface area contributed by atoms with Gasteiger partial charge in [-0.25, -0.2) is 4.79 Å². The highest BCUT2D eigenvalue weighted by molar-refractivity contribution is 6.31. The molecule has 0 radical (unpaired) electrons. The first kappa shape index (κ1) is 13.4. The van der Waals surface area contributed by atoms with Gasteiger partial charge in [0.1, 0.15) is 12.9 Å². The van der Waals surface area contributed by atoms with Gasteiger partial charge in [0, 0.05) is 10.6 Å². The van der Waals surface area contributed by atoms with Crippen LogP contribution in [0.1, 0.15) is 23.0 Å². The van der Waals surface area contributed by atoms with Gasteiger partial charge in [-0.1, -0.05) is 29.8 Å². The summed E-state index contributed by atoms with van der Waals surface area (Å²) in [4.78, 5) is 15.2. The summed E-state index contributed by atoms with van der Waals surface area (Å²) in [6, 6.07) is 7.28. The Kier molecular flexibility index (Phi) is 4.41. The van der Waals surface area contributed by atoms with Gasteiger partial charge in [-0.2, -0.15) is 4.98 Å². The molecule has 0 spiro atoms. The van der Waals surface area contributed by atoms with Gasteiger partial charge in [-0.05, 0) is 13.0 Å². The third-order valence-corrected chi connectivity index (χ3v) is 2.65. The largest absolute Gasteiger partial charge is 0.461 e. The molecule has 0 unspecified atom stereocenters. The molecule has 1 aromatic heterocycles. The Morgan fingerprint density at radius 3 is 2.95 bits per heavy atom. The number of carbonyl (C=O) groups is 1. The fraction of sp³-hybridized carbons (Fsp3) is 0.231. The van der Waals surface area contributed by atoms with E-state index in [0.29, 0.717) is 5.02 Å². The molecule has 1 aromatic carbocycles. The van der Waals surface area contributed by atoms with Gasteiger partial charge in [0.2, 0.25) is 0 Å². The fourth-order valence-electron chi connectivity index (χ4n) is 1.38. The van der Waals surface area contributed by atoms with Crippen molar-refractivity contribution in [3.8, 4) is 6.08 Å². The third kappa shape index (κ3) is 3.48. The molecule has 0 bridgehead atoms. The number of esters is 1. The predicted molar refractivity (Wildman–Crippen MR) is 68.2 cm³/mol. The van der Waals surface area contributed by atoms with Crippen LogP contribution in [-0.2, 0) is 11.3 Å². The lowest BCUT2D eigenvalue weighted by Gasteiger charge is -2.03. The van der Waals surface area contributed by atoms with Crippen LogP contribution >= 0.6 is 11.6 Å². The SMILES string of the molecule is CCOC(=O)c1coc(OCc2ccccc2Cl)n1. The second-order valence-corrected chi connectivity index (χ2v) is 4.01. The lowest BCUT2D eigenvalue weighted by atomic mass is 10.2. The smallest absolute Gasteiger partial charge is 0.394 e. The molecule has 2 aromatic rings. The summed E-state index contributed by atoms with van der Waals surface area (Å²) in [6.07, 6.45) is 1.20. The molecule has 6 heteroatoms. The summed E-state index contributed by atoms with van der Waals surface area (Å²) in [5, 5.41) is 0.597. The molecule has 0 atom stereocenters. The second kappa shape index (κ2) is 6.24. The number of hydrogen-bond donors (Lipinski definition) is 0. The molecule has 5 nitrogen and oxygen atoms in total. The molecular weight excluding hydrogens is 270 g/mol. The van der Waals surface area contributed by atoms with Crippen molar-refractivity contribution in [3.05, 3.63) is 46.8 Å². The van der Waals surface area contributed by atoms with Crippen molar-refractivity contribution in [2.45, 2.75) is 13.5 Å². The Morgan fingerprint density at radius 2 is 2.21 bits per heavy atom. The molecule has 0 aliphatic heterocycles. The van der Waals surface area contributed by atoms with E-state index < -0.39 is 5.97 Å². The highest BCUT2D eigenvalue weighted by Gasteiger charge is 2.14. The van der Waals surface area contributed by atoms with Crippen LogP contribution in [-0.4, -0.2) is 17.6 Å². The van der Waals surface area contributed by atoms with E-state index in [1.807, 2.05) is 18.2 Å². The molecule has 19 heavy (non-hydrogen) atoms. The van der Waals surface area contributed by atoms with Crippen LogP contribution in [0.15, 0.2) is 34.9 Å². The summed E-state index contributed by atoms with van der Waals surface area (Å²) in [7, 11) is 0. The van der Waals surface area contributed by atoms with Crippen molar-refractivity contribution in [1.29, 1.82) is 0 Å². The minimum atomic E-state index is -0.543. The maximum Gasteiger partial charge on any atom is 0.394 e. The molecule has 100 valence electrons. The number of nitrogens with zero attached hydrogens (tertiary/aromatic N) is 1. The van der Waals surface area contributed by atoms with Crippen molar-refractivity contribution in [3.63, 3.8) is 0 Å². The quantitative estimate of drug-likeness (QED) is 0.788. The normalized spacial score (nSPS) is 10.2. The van der Waals surface area contributed by atoms with Crippen LogP contribution in [0, 0.1) is 0 Å². The second-order valence-electron chi connectivity index (χ2n) is 3.60. The lowest BCUT2D eigenvalue weighted by molar-refractivity contribution is 0.0519. The summed E-state index contributed by atoms with van der Waals surface area (Å²) in [5.74, 6) is -0.543. The van der Waals surface area contributed by atoms with E-state index in [1.165, 1.54) is 6.26 Å². The van der Waals surface area contributed by atoms with Crippen molar-refractivity contribution in [2.75, 3.05) is 6.61 Å². The first-order valence-electron chi connectivity index (χ1n) is 5.69. The van der Waals surface area contributed by atoms with Gasteiger partial charge in [-0.15, -0.1) is 0 Å². The zero-order valence-corrected chi connectivity index (χ0v) is 11.0. The molecule has 0 aliphatic carbocycles. The number of carbonyl (C=O) groups excluding carboxylic acids is 1. The van der Waals surface area contributed by atoms with E-state index in [0.717, 1.165) is 5.56 Å². The molecule has 0 N–H and O–H groups in total. The van der Waals surface area contributed by atoms with Crippen molar-refractivity contribution < 1.29 is 18.7 Å². The van der Waals surface area contributed by atoms with Crippen molar-refractivity contribution in [2.24, 2.45) is 0 Å². The Balaban J connectivity index is 1.97. The van der Waals surface area contributed by atoms with Gasteiger partial charge >= 0.3 is 12.0 Å². The molecule has 0 saturated heterocycles. The molecule has 0 fully saturated rings. The lowest BCUT2D eigenvalue weighted by Crippen LogP contribution is -2.05. The highest BCUT2D eigenvalue weighted by atomic mass is 35.5. The number of benzene rings is 1. The molecule has 2 rings (SSSR count). The molecule has 0 aliphatic rings. The van der Waals surface area contributed by atoms with Gasteiger partial charge in [0.05, 0.1) is 6.61 Å². The number of rotatable bonds is 5. The van der Waals surface area contributed by atoms with Gasteiger partial charge in [0.25, 0.3) is 0 Å². The van der Waals surface area contributed by atoms with Crippen LogP contribution in [0.4, 0.5) is 0 Å². The van der Waals surface area contributed by atoms with E-state index in [4.69, 9.17) is 25.5 Å².